The van der Waals surface area contributed by atoms with Crippen LogP contribution in [0.4, 0.5) is 5.69 Å². The fourth-order valence-corrected chi connectivity index (χ4v) is 5.06. The summed E-state index contributed by atoms with van der Waals surface area (Å²) in [4.78, 5) is 30.9. The van der Waals surface area contributed by atoms with Crippen LogP contribution < -0.4 is 5.32 Å². The molecule has 1 aromatic carbocycles. The molecule has 0 saturated heterocycles. The van der Waals surface area contributed by atoms with Crippen LogP contribution in [0.1, 0.15) is 20.8 Å². The third-order valence-electron chi connectivity index (χ3n) is 5.96. The van der Waals surface area contributed by atoms with E-state index in [0.29, 0.717) is 28.4 Å². The second-order valence-electron chi connectivity index (χ2n) is 9.72. The third kappa shape index (κ3) is 4.36. The first-order valence-corrected chi connectivity index (χ1v) is 12.8. The van der Waals surface area contributed by atoms with Gasteiger partial charge in [0, 0.05) is 27.6 Å². The van der Waals surface area contributed by atoms with Crippen molar-refractivity contribution in [2.45, 2.75) is 20.8 Å². The molecule has 0 atom stereocenters. The number of thiophene rings is 1. The van der Waals surface area contributed by atoms with Gasteiger partial charge < -0.3 is 10.3 Å². The van der Waals surface area contributed by atoms with Crippen LogP contribution in [0.2, 0.25) is 4.34 Å². The molecule has 1 amide bonds. The molecule has 0 saturated carbocycles. The van der Waals surface area contributed by atoms with Crippen LogP contribution in [0, 0.1) is 5.41 Å². The van der Waals surface area contributed by atoms with Crippen LogP contribution in [-0.4, -0.2) is 36.0 Å². The number of H-pyrrole nitrogens is 2. The van der Waals surface area contributed by atoms with Crippen molar-refractivity contribution < 1.29 is 4.79 Å². The van der Waals surface area contributed by atoms with Crippen molar-refractivity contribution in [3.05, 3.63) is 65.3 Å². The molecular formula is C27H22ClN7OS. The maximum Gasteiger partial charge on any atom is 0.229 e. The van der Waals surface area contributed by atoms with Crippen molar-refractivity contribution in [2.24, 2.45) is 5.41 Å². The van der Waals surface area contributed by atoms with E-state index in [4.69, 9.17) is 21.6 Å². The van der Waals surface area contributed by atoms with Crippen LogP contribution in [0.5, 0.6) is 0 Å². The summed E-state index contributed by atoms with van der Waals surface area (Å²) in [6.45, 7) is 5.60. The molecule has 5 heterocycles. The Labute approximate surface area is 221 Å². The molecule has 6 aromatic rings. The first-order chi connectivity index (χ1) is 17.8. The van der Waals surface area contributed by atoms with E-state index in [0.717, 1.165) is 36.9 Å². The van der Waals surface area contributed by atoms with Crippen LogP contribution in [0.25, 0.3) is 55.3 Å². The molecular weight excluding hydrogens is 506 g/mol. The van der Waals surface area contributed by atoms with Gasteiger partial charge in [0.05, 0.1) is 38.5 Å². The lowest BCUT2D eigenvalue weighted by atomic mass is 9.95. The Hall–Kier alpha value is -4.08. The molecule has 0 aliphatic rings. The number of carbonyl (C=O) groups is 1. The molecule has 10 heteroatoms. The van der Waals surface area contributed by atoms with E-state index >= 15 is 0 Å². The van der Waals surface area contributed by atoms with Gasteiger partial charge in [0.25, 0.3) is 0 Å². The van der Waals surface area contributed by atoms with Gasteiger partial charge in [-0.3, -0.25) is 14.9 Å². The fraction of sp³-hybridized carbons (Fsp3) is 0.148. The van der Waals surface area contributed by atoms with Crippen molar-refractivity contribution in [2.75, 3.05) is 5.32 Å². The minimum Gasteiger partial charge on any atom is -0.336 e. The number of aromatic nitrogens is 6. The fourth-order valence-electron chi connectivity index (χ4n) is 3.99. The number of benzene rings is 1. The Morgan fingerprint density at radius 1 is 1.00 bits per heavy atom. The third-order valence-corrected chi connectivity index (χ3v) is 7.22. The van der Waals surface area contributed by atoms with Crippen LogP contribution in [0.15, 0.2) is 60.9 Å². The molecule has 184 valence electrons. The molecule has 0 aliphatic heterocycles. The summed E-state index contributed by atoms with van der Waals surface area (Å²) in [6.07, 6.45) is 3.35. The summed E-state index contributed by atoms with van der Waals surface area (Å²) in [7, 11) is 0. The molecule has 0 unspecified atom stereocenters. The van der Waals surface area contributed by atoms with E-state index in [2.05, 4.69) is 25.5 Å². The number of hydrogen-bond donors (Lipinski definition) is 3. The number of imidazole rings is 1. The second-order valence-corrected chi connectivity index (χ2v) is 11.4. The highest BCUT2D eigenvalue weighted by Gasteiger charge is 2.22. The van der Waals surface area contributed by atoms with Gasteiger partial charge in [-0.05, 0) is 36.4 Å². The summed E-state index contributed by atoms with van der Waals surface area (Å²) in [6, 6.07) is 15.6. The largest absolute Gasteiger partial charge is 0.336 e. The normalized spacial score (nSPS) is 11.9. The molecule has 0 aliphatic carbocycles. The number of nitrogens with one attached hydrogen (secondary N) is 3. The van der Waals surface area contributed by atoms with Crippen molar-refractivity contribution in [1.29, 1.82) is 0 Å². The zero-order chi connectivity index (χ0) is 25.7. The summed E-state index contributed by atoms with van der Waals surface area (Å²) in [5.74, 6) is 0.534. The number of amides is 1. The van der Waals surface area contributed by atoms with Gasteiger partial charge in [0.15, 0.2) is 11.5 Å². The molecule has 5 aromatic heterocycles. The molecule has 0 spiro atoms. The van der Waals surface area contributed by atoms with Crippen molar-refractivity contribution in [1.82, 2.24) is 30.1 Å². The summed E-state index contributed by atoms with van der Waals surface area (Å²) >= 11 is 7.69. The molecule has 37 heavy (non-hydrogen) atoms. The minimum absolute atomic E-state index is 0.0824. The van der Waals surface area contributed by atoms with Gasteiger partial charge in [-0.15, -0.1) is 11.3 Å². The lowest BCUT2D eigenvalue weighted by Crippen LogP contribution is -2.27. The molecule has 0 bridgehead atoms. The second kappa shape index (κ2) is 8.79. The van der Waals surface area contributed by atoms with Gasteiger partial charge in [-0.25, -0.2) is 9.97 Å². The number of rotatable bonds is 4. The van der Waals surface area contributed by atoms with Crippen LogP contribution in [0.3, 0.4) is 0 Å². The smallest absolute Gasteiger partial charge is 0.229 e. The summed E-state index contributed by atoms with van der Waals surface area (Å²) < 4.78 is 0.731. The van der Waals surface area contributed by atoms with Gasteiger partial charge in [0.1, 0.15) is 5.52 Å². The lowest BCUT2D eigenvalue weighted by Gasteiger charge is -2.17. The highest BCUT2D eigenvalue weighted by atomic mass is 35.5. The number of anilines is 1. The predicted octanol–water partition coefficient (Wildman–Crippen LogP) is 6.93. The van der Waals surface area contributed by atoms with Crippen molar-refractivity contribution >= 4 is 56.6 Å². The van der Waals surface area contributed by atoms with E-state index < -0.39 is 5.41 Å². The summed E-state index contributed by atoms with van der Waals surface area (Å²) in [5.41, 5.74) is 6.42. The Kier molecular flexibility index (Phi) is 5.54. The minimum atomic E-state index is -0.513. The number of pyridine rings is 2. The van der Waals surface area contributed by atoms with Crippen LogP contribution >= 0.6 is 22.9 Å². The lowest BCUT2D eigenvalue weighted by molar-refractivity contribution is -0.123. The average molecular weight is 528 g/mol. The number of nitrogens with zero attached hydrogens (tertiary/aromatic N) is 4. The van der Waals surface area contributed by atoms with Gasteiger partial charge in [-0.1, -0.05) is 44.5 Å². The molecule has 0 radical (unpaired) electrons. The highest BCUT2D eigenvalue weighted by molar-refractivity contribution is 7.19. The number of halogens is 1. The zero-order valence-electron chi connectivity index (χ0n) is 20.3. The quantitative estimate of drug-likeness (QED) is 0.230. The number of carbonyl (C=O) groups excluding carboxylic acids is 1. The highest BCUT2D eigenvalue weighted by Crippen LogP contribution is 2.36. The van der Waals surface area contributed by atoms with Crippen molar-refractivity contribution in [3.63, 3.8) is 0 Å². The van der Waals surface area contributed by atoms with E-state index in [-0.39, 0.29) is 5.91 Å². The molecule has 8 nitrogen and oxygen atoms in total. The maximum atomic E-state index is 12.4. The van der Waals surface area contributed by atoms with Gasteiger partial charge in [-0.2, -0.15) is 5.10 Å². The number of para-hydroxylation sites is 1. The first-order valence-electron chi connectivity index (χ1n) is 11.6. The van der Waals surface area contributed by atoms with Crippen molar-refractivity contribution in [3.8, 4) is 33.2 Å². The number of fused-ring (bicyclic) bond motifs is 2. The van der Waals surface area contributed by atoms with Gasteiger partial charge >= 0.3 is 0 Å². The van der Waals surface area contributed by atoms with Crippen LogP contribution in [-0.2, 0) is 4.79 Å². The SMILES string of the molecule is CC(C)(C)C(=O)Nc1cncc(-c2ccc3[nH]nc(-c4nc5c(-c6ccc(Cl)s6)cccc5[nH]4)c3n2)c1. The monoisotopic (exact) mass is 527 g/mol. The Morgan fingerprint density at radius 2 is 1.86 bits per heavy atom. The Balaban J connectivity index is 1.40. The molecule has 6 rings (SSSR count). The van der Waals surface area contributed by atoms with E-state index in [9.17, 15) is 4.79 Å². The maximum absolute atomic E-state index is 12.4. The predicted molar refractivity (Wildman–Crippen MR) is 149 cm³/mol. The Morgan fingerprint density at radius 3 is 2.65 bits per heavy atom. The number of hydrogen-bond acceptors (Lipinski definition) is 6. The van der Waals surface area contributed by atoms with E-state index in [1.165, 1.54) is 11.3 Å². The van der Waals surface area contributed by atoms with E-state index in [1.807, 2.05) is 69.3 Å². The topological polar surface area (TPSA) is 112 Å². The number of aromatic amines is 2. The zero-order valence-corrected chi connectivity index (χ0v) is 21.8. The molecule has 3 N–H and O–H groups in total. The average Bonchev–Trinajstić information content (AvgIpc) is 3.60. The Bertz CT molecular complexity index is 1790. The molecule has 0 fully saturated rings. The standard InChI is InChI=1S/C27H22ClN7OS/c1-27(2,3)26(36)30-15-11-14(12-29-13-15)17-7-8-19-23(31-17)24(35-34-19)25-32-18-6-4-5-16(22(18)33-25)20-9-10-21(28)37-20/h4-13H,1-3H3,(H,30,36)(H,32,33)(H,34,35). The van der Waals surface area contributed by atoms with E-state index in [1.54, 1.807) is 12.4 Å². The first kappa shape index (κ1) is 23.3. The van der Waals surface area contributed by atoms with Gasteiger partial charge in [0.2, 0.25) is 5.91 Å². The summed E-state index contributed by atoms with van der Waals surface area (Å²) in [5, 5.41) is 10.5.